The van der Waals surface area contributed by atoms with E-state index in [2.05, 4.69) is 31.0 Å². The molecule has 0 aliphatic carbocycles. The molecular weight excluding hydrogens is 532 g/mol. The lowest BCUT2D eigenvalue weighted by atomic mass is 10.2. The first-order valence-electron chi connectivity index (χ1n) is 11.8. The van der Waals surface area contributed by atoms with Crippen LogP contribution in [0.4, 0.5) is 0 Å². The largest absolute Gasteiger partial charge is 0.487 e. The highest BCUT2D eigenvalue weighted by Gasteiger charge is 2.08. The summed E-state index contributed by atoms with van der Waals surface area (Å²) in [6, 6.07) is 16.7. The van der Waals surface area contributed by atoms with E-state index >= 15 is 0 Å². The van der Waals surface area contributed by atoms with E-state index in [0.717, 1.165) is 10.8 Å². The summed E-state index contributed by atoms with van der Waals surface area (Å²) in [5.74, 6) is 3.56. The standard InChI is InChI=1S/C12H9N3O3.C12H8O3.C3H9N3Si/c16-12-4-2-8-1-3-10(5-11(8)18-12)17-7-9-6-13-15-14-9;1-2-7-14-10-5-3-9-4-6-12(13)15-11(9)8-10;1-7(2,3)6-5-4/h1-6H,7H2,(H,13,14,15);1,3-6,8H,7H2;1-3H3. The van der Waals surface area contributed by atoms with Gasteiger partial charge in [0, 0.05) is 35.0 Å². The molecule has 204 valence electrons. The lowest BCUT2D eigenvalue weighted by molar-refractivity contribution is 0.301. The number of hydrogen-bond acceptors (Lipinski definition) is 9. The van der Waals surface area contributed by atoms with E-state index < -0.39 is 8.24 Å². The van der Waals surface area contributed by atoms with Crippen molar-refractivity contribution in [1.82, 2.24) is 15.4 Å². The summed E-state index contributed by atoms with van der Waals surface area (Å²) < 4.78 is 24.4. The zero-order chi connectivity index (χ0) is 29.0. The minimum absolute atomic E-state index is 0.197. The van der Waals surface area contributed by atoms with Crippen molar-refractivity contribution < 1.29 is 18.3 Å². The predicted molar refractivity (Wildman–Crippen MR) is 153 cm³/mol. The first-order valence-corrected chi connectivity index (χ1v) is 15.3. The van der Waals surface area contributed by atoms with E-state index in [1.807, 2.05) is 37.8 Å². The first-order chi connectivity index (χ1) is 19.2. The Morgan fingerprint density at radius 2 is 1.50 bits per heavy atom. The summed E-state index contributed by atoms with van der Waals surface area (Å²) in [5, 5.41) is 11.8. The molecule has 0 unspecified atom stereocenters. The monoisotopic (exact) mass is 558 g/mol. The highest BCUT2D eigenvalue weighted by molar-refractivity contribution is 6.74. The van der Waals surface area contributed by atoms with Crippen molar-refractivity contribution in [1.29, 1.82) is 0 Å². The quantitative estimate of drug-likeness (QED) is 0.0718. The van der Waals surface area contributed by atoms with Crippen LogP contribution in [0.3, 0.4) is 0 Å². The van der Waals surface area contributed by atoms with E-state index in [1.165, 1.54) is 12.1 Å². The van der Waals surface area contributed by atoms with Crippen LogP contribution < -0.4 is 20.7 Å². The SMILES string of the molecule is C#CCOc1ccc2ccc(=O)oc2c1.C[Si](C)(C)N=[N+]=[N-].O=c1ccc2ccc(OCc3cn[nH]n3)cc2o1. The molecule has 5 aromatic rings. The number of fused-ring (bicyclic) bond motifs is 2. The van der Waals surface area contributed by atoms with Crippen molar-refractivity contribution >= 4 is 30.2 Å². The number of azide groups is 1. The molecule has 0 bridgehead atoms. The van der Waals surface area contributed by atoms with Crippen molar-refractivity contribution in [2.75, 3.05) is 6.61 Å². The second-order valence-electron chi connectivity index (χ2n) is 9.01. The Morgan fingerprint density at radius 1 is 0.950 bits per heavy atom. The number of H-pyrrole nitrogens is 1. The zero-order valence-corrected chi connectivity index (χ0v) is 23.0. The smallest absolute Gasteiger partial charge is 0.336 e. The topological polar surface area (TPSA) is 169 Å². The summed E-state index contributed by atoms with van der Waals surface area (Å²) in [6.45, 7) is 6.48. The van der Waals surface area contributed by atoms with Gasteiger partial charge < -0.3 is 18.3 Å². The maximum absolute atomic E-state index is 11.1. The molecule has 2 aromatic carbocycles. The second kappa shape index (κ2) is 14.0. The van der Waals surface area contributed by atoms with Crippen molar-refractivity contribution in [2.45, 2.75) is 26.2 Å². The fourth-order valence-corrected chi connectivity index (χ4v) is 3.24. The Kier molecular flexibility index (Phi) is 10.2. The van der Waals surface area contributed by atoms with Gasteiger partial charge in [0.15, 0.2) is 0 Å². The van der Waals surface area contributed by atoms with Crippen LogP contribution in [0.15, 0.2) is 90.1 Å². The lowest BCUT2D eigenvalue weighted by Crippen LogP contribution is -2.13. The Labute approximate surface area is 229 Å². The molecule has 13 heteroatoms. The third kappa shape index (κ3) is 9.53. The molecule has 0 amide bonds. The fraction of sp³-hybridized carbons (Fsp3) is 0.185. The van der Waals surface area contributed by atoms with Gasteiger partial charge >= 0.3 is 11.3 Å². The summed E-state index contributed by atoms with van der Waals surface area (Å²) in [5.41, 5.74) is 8.83. The van der Waals surface area contributed by atoms with E-state index in [4.69, 9.17) is 30.3 Å². The minimum atomic E-state index is -1.45. The summed E-state index contributed by atoms with van der Waals surface area (Å²) in [7, 11) is -1.45. The molecule has 0 fully saturated rings. The van der Waals surface area contributed by atoms with E-state index in [9.17, 15) is 9.59 Å². The number of hydrogen-bond donors (Lipinski definition) is 1. The third-order valence-corrected chi connectivity index (χ3v) is 5.40. The molecule has 3 heterocycles. The van der Waals surface area contributed by atoms with Crippen LogP contribution in [0.1, 0.15) is 5.69 Å². The van der Waals surface area contributed by atoms with Crippen LogP contribution in [0.25, 0.3) is 32.4 Å². The number of terminal acetylenes is 1. The fourth-order valence-electron chi connectivity index (χ4n) is 2.97. The van der Waals surface area contributed by atoms with Crippen molar-refractivity contribution in [2.24, 2.45) is 4.78 Å². The number of aromatic nitrogens is 3. The number of rotatable bonds is 6. The van der Waals surface area contributed by atoms with Crippen molar-refractivity contribution in [3.63, 3.8) is 0 Å². The first kappa shape index (κ1) is 29.2. The van der Waals surface area contributed by atoms with E-state index in [1.54, 1.807) is 36.5 Å². The molecule has 0 aliphatic heterocycles. The molecule has 3 aromatic heterocycles. The lowest BCUT2D eigenvalue weighted by Gasteiger charge is -2.04. The molecule has 0 aliphatic rings. The molecule has 0 radical (unpaired) electrons. The van der Waals surface area contributed by atoms with Gasteiger partial charge in [-0.2, -0.15) is 15.4 Å². The van der Waals surface area contributed by atoms with Crippen molar-refractivity contribution in [3.05, 3.63) is 104 Å². The van der Waals surface area contributed by atoms with Crippen molar-refractivity contribution in [3.8, 4) is 23.8 Å². The summed E-state index contributed by atoms with van der Waals surface area (Å²) >= 11 is 0. The van der Waals surface area contributed by atoms with E-state index in [-0.39, 0.29) is 17.9 Å². The molecule has 0 saturated carbocycles. The molecule has 1 N–H and O–H groups in total. The van der Waals surface area contributed by atoms with Crippen LogP contribution in [0.5, 0.6) is 11.5 Å². The average molecular weight is 559 g/mol. The Balaban J connectivity index is 0.000000182. The maximum Gasteiger partial charge on any atom is 0.336 e. The highest BCUT2D eigenvalue weighted by Crippen LogP contribution is 2.20. The van der Waals surface area contributed by atoms with Gasteiger partial charge in [-0.3, -0.25) is 0 Å². The third-order valence-electron chi connectivity index (χ3n) is 4.71. The van der Waals surface area contributed by atoms with Gasteiger partial charge in [0.25, 0.3) is 0 Å². The van der Waals surface area contributed by atoms with Crippen LogP contribution in [-0.2, 0) is 6.61 Å². The minimum Gasteiger partial charge on any atom is -0.487 e. The van der Waals surface area contributed by atoms with Gasteiger partial charge in [0.2, 0.25) is 0 Å². The molecule has 0 spiro atoms. The van der Waals surface area contributed by atoms with E-state index in [0.29, 0.717) is 35.0 Å². The number of nitrogens with zero attached hydrogens (tertiary/aromatic N) is 5. The molecular formula is C27H26N6O6Si. The molecule has 40 heavy (non-hydrogen) atoms. The van der Waals surface area contributed by atoms with Crippen LogP contribution in [-0.4, -0.2) is 30.3 Å². The highest BCUT2D eigenvalue weighted by atomic mass is 28.3. The number of aromatic amines is 1. The van der Waals surface area contributed by atoms with Gasteiger partial charge in [-0.15, -0.1) is 11.2 Å². The zero-order valence-electron chi connectivity index (χ0n) is 22.0. The van der Waals surface area contributed by atoms with Gasteiger partial charge in [-0.05, 0) is 46.8 Å². The van der Waals surface area contributed by atoms with Crippen LogP contribution in [0, 0.1) is 12.3 Å². The van der Waals surface area contributed by atoms with Gasteiger partial charge in [-0.1, -0.05) is 25.6 Å². The Hall–Kier alpha value is -5.31. The average Bonchev–Trinajstić information content (AvgIpc) is 3.44. The summed E-state index contributed by atoms with van der Waals surface area (Å²) in [6.07, 6.45) is 6.65. The number of ether oxygens (including phenoxy) is 2. The van der Waals surface area contributed by atoms with Gasteiger partial charge in [0.1, 0.15) is 49.8 Å². The Morgan fingerprint density at radius 3 is 1.95 bits per heavy atom. The Bertz CT molecular complexity index is 1760. The molecule has 0 saturated heterocycles. The second-order valence-corrected chi connectivity index (χ2v) is 13.6. The van der Waals surface area contributed by atoms with Gasteiger partial charge in [0.05, 0.1) is 6.20 Å². The number of nitrogens with one attached hydrogen (secondary N) is 1. The molecule has 12 nitrogen and oxygen atoms in total. The van der Waals surface area contributed by atoms with Crippen LogP contribution >= 0.6 is 0 Å². The predicted octanol–water partition coefficient (Wildman–Crippen LogP) is 5.43. The molecule has 5 rings (SSSR count). The number of benzene rings is 2. The molecule has 0 atom stereocenters. The van der Waals surface area contributed by atoms with Gasteiger partial charge in [-0.25, -0.2) is 9.59 Å². The summed E-state index contributed by atoms with van der Waals surface area (Å²) in [4.78, 5) is 24.8. The van der Waals surface area contributed by atoms with Crippen LogP contribution in [0.2, 0.25) is 19.6 Å². The maximum atomic E-state index is 11.1. The normalized spacial score (nSPS) is 10.2.